The van der Waals surface area contributed by atoms with Crippen LogP contribution >= 0.6 is 0 Å². The Kier molecular flexibility index (Phi) is 25.3. The molecule has 26 heteroatoms. The Morgan fingerprint density at radius 1 is 0.585 bits per heavy atom. The number of anilines is 1. The molecule has 19 atom stereocenters. The number of ether oxygens (including phenoxy) is 11. The average molecular weight is 1480 g/mol. The van der Waals surface area contributed by atoms with E-state index >= 15 is 0 Å². The molecule has 14 aliphatic heterocycles. The molecule has 4 aromatic rings. The molecule has 15 aliphatic rings. The van der Waals surface area contributed by atoms with Crippen LogP contribution in [0.4, 0.5) is 11.4 Å². The second-order valence-corrected chi connectivity index (χ2v) is 30.3. The van der Waals surface area contributed by atoms with Gasteiger partial charge >= 0.3 is 0 Å². The molecule has 12 fully saturated rings. The highest BCUT2D eigenvalue weighted by Gasteiger charge is 2.54. The number of amides is 2. The van der Waals surface area contributed by atoms with Crippen LogP contribution in [0.25, 0.3) is 21.5 Å². The monoisotopic (exact) mass is 1480 g/mol. The fourth-order valence-corrected chi connectivity index (χ4v) is 17.3. The SMILES string of the molecule is COC1=C(/C=C/C2=[N+](CCC(=O)NCCCO[C@H]3[C@@H]4OC[C@@H](OCCC[C@H]5O[C@H](CO)C(O4)[C@H](O)[C@H]5O)[C@@H]3O)c3ccc4ccccc4c3C2(C)C)CCC/C1=C\C=C1\N(CCC(=O)NCCCO[C@@H]2[C@@H](O)[C@@H]3OC4O[C@H](CO)[C@@H](OCCC[C@H]2O[C@@H]3CO)[C@H](O)[C@H]4O)c2ccc3ccccc3c2C1(C)C. The lowest BCUT2D eigenvalue weighted by Crippen LogP contribution is -2.64. The van der Waals surface area contributed by atoms with E-state index in [4.69, 9.17) is 52.1 Å². The van der Waals surface area contributed by atoms with Gasteiger partial charge in [-0.05, 0) is 134 Å². The molecule has 578 valence electrons. The van der Waals surface area contributed by atoms with E-state index in [2.05, 4.69) is 133 Å². The van der Waals surface area contributed by atoms with Crippen LogP contribution in [0.3, 0.4) is 0 Å². The Labute approximate surface area is 618 Å². The number of nitrogens with one attached hydrogen (secondary N) is 2. The Morgan fingerprint density at radius 3 is 1.91 bits per heavy atom. The van der Waals surface area contributed by atoms with Gasteiger partial charge in [-0.15, -0.1) is 0 Å². The number of methoxy groups -OCH3 is 1. The summed E-state index contributed by atoms with van der Waals surface area (Å²) in [5, 5.41) is 109. The third-order valence-corrected chi connectivity index (χ3v) is 22.7. The van der Waals surface area contributed by atoms with Crippen molar-refractivity contribution in [3.05, 3.63) is 131 Å². The zero-order chi connectivity index (χ0) is 74.6. The molecule has 0 spiro atoms. The number of aliphatic hydroxyl groups excluding tert-OH is 9. The molecule has 19 rings (SSSR count). The molecule has 4 aromatic carbocycles. The molecule has 11 N–H and O–H groups in total. The van der Waals surface area contributed by atoms with Crippen molar-refractivity contribution < 1.29 is 112 Å². The van der Waals surface area contributed by atoms with E-state index in [0.29, 0.717) is 51.6 Å². The minimum Gasteiger partial charge on any atom is -0.496 e. The van der Waals surface area contributed by atoms with Crippen LogP contribution in [0.5, 0.6) is 0 Å². The number of fused-ring (bicyclic) bond motifs is 6. The van der Waals surface area contributed by atoms with Crippen LogP contribution in [0.15, 0.2) is 120 Å². The van der Waals surface area contributed by atoms with E-state index < -0.39 is 147 Å². The van der Waals surface area contributed by atoms with Crippen molar-refractivity contribution in [3.63, 3.8) is 0 Å². The topological polar surface area (TPSA) is 348 Å². The van der Waals surface area contributed by atoms with Gasteiger partial charge in [-0.1, -0.05) is 74.5 Å². The van der Waals surface area contributed by atoms with Gasteiger partial charge in [0.2, 0.25) is 17.5 Å². The largest absolute Gasteiger partial charge is 0.496 e. The Balaban J connectivity index is 0.676. The van der Waals surface area contributed by atoms with Crippen molar-refractivity contribution in [1.82, 2.24) is 10.6 Å². The second kappa shape index (κ2) is 34.4. The number of nitrogens with zero attached hydrogens (tertiary/aromatic N) is 2. The molecule has 8 bridgehead atoms. The first-order chi connectivity index (χ1) is 51.2. The van der Waals surface area contributed by atoms with E-state index in [-0.39, 0.29) is 70.8 Å². The lowest BCUT2D eigenvalue weighted by molar-refractivity contribution is -0.436. The van der Waals surface area contributed by atoms with Gasteiger partial charge in [0.1, 0.15) is 97.3 Å². The third-order valence-electron chi connectivity index (χ3n) is 22.7. The highest BCUT2D eigenvalue weighted by atomic mass is 16.7. The van der Waals surface area contributed by atoms with Crippen LogP contribution in [0, 0.1) is 0 Å². The Bertz CT molecular complexity index is 3890. The van der Waals surface area contributed by atoms with Crippen molar-refractivity contribution in [2.75, 3.05) is 91.0 Å². The quantitative estimate of drug-likeness (QED) is 0.0368. The predicted molar refractivity (Wildman–Crippen MR) is 389 cm³/mol. The van der Waals surface area contributed by atoms with Crippen LogP contribution in [-0.2, 0) is 72.5 Å². The number of hydrogen-bond donors (Lipinski definition) is 11. The molecule has 0 saturated carbocycles. The number of aliphatic hydroxyl groups is 9. The van der Waals surface area contributed by atoms with Gasteiger partial charge < -0.3 is 114 Å². The van der Waals surface area contributed by atoms with Crippen molar-refractivity contribution >= 4 is 50.4 Å². The summed E-state index contributed by atoms with van der Waals surface area (Å²) in [5.41, 5.74) is 7.57. The number of carbonyl (C=O) groups is 2. The highest BCUT2D eigenvalue weighted by molar-refractivity contribution is 6.08. The van der Waals surface area contributed by atoms with E-state index in [9.17, 15) is 55.5 Å². The molecule has 0 aromatic heterocycles. The van der Waals surface area contributed by atoms with Crippen molar-refractivity contribution in [3.8, 4) is 0 Å². The smallest absolute Gasteiger partial charge is 0.226 e. The molecule has 106 heavy (non-hydrogen) atoms. The zero-order valence-electron chi connectivity index (χ0n) is 61.2. The number of hydrogen-bond acceptors (Lipinski definition) is 23. The minimum absolute atomic E-state index is 0.00425. The molecule has 0 radical (unpaired) electrons. The number of rotatable bonds is 23. The van der Waals surface area contributed by atoms with Crippen LogP contribution in [0.2, 0.25) is 0 Å². The minimum atomic E-state index is -1.59. The zero-order valence-corrected chi connectivity index (χ0v) is 61.2. The van der Waals surface area contributed by atoms with Gasteiger partial charge in [0.25, 0.3) is 0 Å². The first-order valence-corrected chi connectivity index (χ1v) is 37.9. The normalized spacial score (nSPS) is 33.9. The van der Waals surface area contributed by atoms with Crippen molar-refractivity contribution in [2.24, 2.45) is 0 Å². The standard InChI is InChI=1S/C80H106N4O22/c1-79(2)59(83(51-27-23-45-15-6-8-19-49(45)63(51)79)35-31-61(88)81-33-13-39-99-72-54-22-12-38-98-73-55(41-85)104-77(69(94)68(73)93)105-75(70(72)95)57(43-87)103-54)29-25-47-17-10-18-48(71(47)96-5)26-30-60-80(3,4)64-50-20-9-7-16-46(50)24-28-52(64)84(60)36-32-62(89)82-34-14-40-100-76-66(91)58-44-101-78(76)106-74-56(42-86)102-53(21-11-37-97-58)65(90)67(74)92/h6-9,15-16,19-20,23-30,53-58,65-70,72-78,85-87,90-95H,10-14,17-18,21-22,31-44H2,1-5H3,(H-,81,82,88,89)/p+1/t53-,54-,55-,56-,57-,58-,65+,66+,67-,68-,69-,70-,72+,73-,74?,75-,76-,77?,78-/m1/s1. The maximum absolute atomic E-state index is 13.9. The number of benzene rings is 4. The molecule has 14 heterocycles. The molecular formula is C80H107N4O22+. The molecule has 12 saturated heterocycles. The summed E-state index contributed by atoms with van der Waals surface area (Å²) < 4.78 is 69.3. The fraction of sp³-hybridized carbons (Fsp3) is 0.613. The molecule has 1 aliphatic carbocycles. The maximum atomic E-state index is 13.9. The van der Waals surface area contributed by atoms with Gasteiger partial charge in [0, 0.05) is 87.0 Å². The van der Waals surface area contributed by atoms with Gasteiger partial charge in [-0.2, -0.15) is 4.58 Å². The van der Waals surface area contributed by atoms with Crippen LogP contribution < -0.4 is 15.5 Å². The predicted octanol–water partition coefficient (Wildman–Crippen LogP) is 4.07. The van der Waals surface area contributed by atoms with Gasteiger partial charge in [-0.25, -0.2) is 0 Å². The van der Waals surface area contributed by atoms with Crippen molar-refractivity contribution in [2.45, 2.75) is 226 Å². The fourth-order valence-electron chi connectivity index (χ4n) is 17.3. The van der Waals surface area contributed by atoms with Crippen molar-refractivity contribution in [1.29, 1.82) is 0 Å². The average Bonchev–Trinajstić information content (AvgIpc) is 1.57. The van der Waals surface area contributed by atoms with E-state index in [1.807, 2.05) is 12.1 Å². The van der Waals surface area contributed by atoms with Gasteiger partial charge in [-0.3, -0.25) is 9.59 Å². The van der Waals surface area contributed by atoms with Gasteiger partial charge in [0.15, 0.2) is 24.8 Å². The number of carbonyl (C=O) groups excluding carboxylic acids is 2. The lowest BCUT2D eigenvalue weighted by Gasteiger charge is -2.47. The summed E-state index contributed by atoms with van der Waals surface area (Å²) in [4.78, 5) is 30.1. The Hall–Kier alpha value is -6.19. The molecule has 26 nitrogen and oxygen atoms in total. The second-order valence-electron chi connectivity index (χ2n) is 30.3. The summed E-state index contributed by atoms with van der Waals surface area (Å²) in [6.07, 6.45) is -7.56. The third kappa shape index (κ3) is 16.1. The molecule has 2 unspecified atom stereocenters. The van der Waals surface area contributed by atoms with Gasteiger partial charge in [0.05, 0.1) is 57.6 Å². The van der Waals surface area contributed by atoms with E-state index in [1.54, 1.807) is 7.11 Å². The summed E-state index contributed by atoms with van der Waals surface area (Å²) in [5.74, 6) is 0.486. The first kappa shape index (κ1) is 77.9. The molecular weight excluding hydrogens is 1370 g/mol. The lowest BCUT2D eigenvalue weighted by atomic mass is 9.78. The highest BCUT2D eigenvalue weighted by Crippen LogP contribution is 2.52. The Morgan fingerprint density at radius 2 is 1.20 bits per heavy atom. The number of allylic oxidation sites excluding steroid dienone is 7. The van der Waals surface area contributed by atoms with Crippen LogP contribution in [-0.4, -0.2) is 271 Å². The molecule has 2 amide bonds. The summed E-state index contributed by atoms with van der Waals surface area (Å²) in [6.45, 7) is 9.31. The summed E-state index contributed by atoms with van der Waals surface area (Å²) >= 11 is 0. The van der Waals surface area contributed by atoms with E-state index in [0.717, 1.165) is 80.5 Å². The van der Waals surface area contributed by atoms with E-state index in [1.165, 1.54) is 11.1 Å². The summed E-state index contributed by atoms with van der Waals surface area (Å²) in [7, 11) is 1.72. The first-order valence-electron chi connectivity index (χ1n) is 37.9. The van der Waals surface area contributed by atoms with Crippen LogP contribution in [0.1, 0.15) is 109 Å². The summed E-state index contributed by atoms with van der Waals surface area (Å²) in [6, 6.07) is 25.3. The maximum Gasteiger partial charge on any atom is 0.226 e.